The van der Waals surface area contributed by atoms with Crippen LogP contribution < -0.4 is 5.73 Å². The van der Waals surface area contributed by atoms with Gasteiger partial charge in [0.05, 0.1) is 5.56 Å². The van der Waals surface area contributed by atoms with Crippen LogP contribution in [0.25, 0.3) is 11.1 Å². The molecule has 0 bridgehead atoms. The number of halogens is 4. The van der Waals surface area contributed by atoms with Gasteiger partial charge in [0, 0.05) is 10.7 Å². The maximum absolute atomic E-state index is 12.4. The molecule has 0 saturated heterocycles. The molecule has 0 heterocycles. The number of benzene rings is 2. The molecule has 5 heteroatoms. The van der Waals surface area contributed by atoms with E-state index in [4.69, 9.17) is 17.3 Å². The molecular formula is C13H9ClF3N. The predicted molar refractivity (Wildman–Crippen MR) is 66.3 cm³/mol. The summed E-state index contributed by atoms with van der Waals surface area (Å²) in [5.41, 5.74) is 6.75. The molecular weight excluding hydrogens is 263 g/mol. The highest BCUT2D eigenvalue weighted by Gasteiger charge is 2.29. The van der Waals surface area contributed by atoms with Crippen LogP contribution in [-0.4, -0.2) is 0 Å². The number of hydrogen-bond acceptors (Lipinski definition) is 1. The molecule has 0 spiro atoms. The highest BCUT2D eigenvalue weighted by atomic mass is 35.5. The van der Waals surface area contributed by atoms with E-state index in [2.05, 4.69) is 0 Å². The van der Waals surface area contributed by atoms with E-state index < -0.39 is 11.7 Å². The quantitative estimate of drug-likeness (QED) is 0.753. The highest BCUT2D eigenvalue weighted by molar-refractivity contribution is 6.31. The molecule has 2 aromatic rings. The number of hydrogen-bond donors (Lipinski definition) is 1. The smallest absolute Gasteiger partial charge is 0.399 e. The Hall–Kier alpha value is -1.68. The Balaban J connectivity index is 2.40. The van der Waals surface area contributed by atoms with Crippen molar-refractivity contribution in [1.29, 1.82) is 0 Å². The van der Waals surface area contributed by atoms with Gasteiger partial charge in [-0.05, 0) is 41.5 Å². The van der Waals surface area contributed by atoms with E-state index >= 15 is 0 Å². The van der Waals surface area contributed by atoms with Crippen molar-refractivity contribution >= 4 is 17.3 Å². The fourth-order valence-electron chi connectivity index (χ4n) is 1.63. The Bertz CT molecular complexity index is 541. The third-order valence-electron chi connectivity index (χ3n) is 2.47. The first kappa shape index (κ1) is 12.8. The molecule has 0 saturated carbocycles. The predicted octanol–water partition coefficient (Wildman–Crippen LogP) is 4.61. The molecule has 0 aromatic heterocycles. The van der Waals surface area contributed by atoms with Crippen LogP contribution in [0.3, 0.4) is 0 Å². The second-order valence-corrected chi connectivity index (χ2v) is 4.28. The van der Waals surface area contributed by atoms with Crippen molar-refractivity contribution in [2.45, 2.75) is 6.18 Å². The number of nitrogen functional groups attached to an aromatic ring is 1. The zero-order chi connectivity index (χ0) is 13.3. The van der Waals surface area contributed by atoms with Gasteiger partial charge in [0.15, 0.2) is 0 Å². The van der Waals surface area contributed by atoms with Crippen molar-refractivity contribution in [3.63, 3.8) is 0 Å². The summed E-state index contributed by atoms with van der Waals surface area (Å²) in [5, 5.41) is 0.449. The van der Waals surface area contributed by atoms with Crippen molar-refractivity contribution in [3.05, 3.63) is 53.1 Å². The van der Waals surface area contributed by atoms with Crippen LogP contribution in [-0.2, 0) is 6.18 Å². The molecule has 0 aliphatic rings. The van der Waals surface area contributed by atoms with Crippen molar-refractivity contribution in [2.75, 3.05) is 5.73 Å². The zero-order valence-electron chi connectivity index (χ0n) is 9.13. The summed E-state index contributed by atoms with van der Waals surface area (Å²) in [7, 11) is 0. The molecule has 1 nitrogen and oxygen atoms in total. The van der Waals surface area contributed by atoms with Crippen molar-refractivity contribution in [1.82, 2.24) is 0 Å². The van der Waals surface area contributed by atoms with Gasteiger partial charge in [0.25, 0.3) is 0 Å². The van der Waals surface area contributed by atoms with Gasteiger partial charge in [-0.25, -0.2) is 0 Å². The SMILES string of the molecule is Nc1cc(Cl)cc(-c2ccc(C(F)(F)F)cc2)c1. The van der Waals surface area contributed by atoms with Crippen LogP contribution in [0.4, 0.5) is 18.9 Å². The Labute approximate surface area is 107 Å². The number of rotatable bonds is 1. The first-order valence-electron chi connectivity index (χ1n) is 5.10. The van der Waals surface area contributed by atoms with Gasteiger partial charge >= 0.3 is 6.18 Å². The molecule has 0 amide bonds. The fourth-order valence-corrected chi connectivity index (χ4v) is 1.87. The normalized spacial score (nSPS) is 11.6. The van der Waals surface area contributed by atoms with Gasteiger partial charge in [-0.2, -0.15) is 13.2 Å². The number of alkyl halides is 3. The van der Waals surface area contributed by atoms with E-state index in [0.717, 1.165) is 12.1 Å². The average Bonchev–Trinajstić information content (AvgIpc) is 2.27. The minimum Gasteiger partial charge on any atom is -0.399 e. The van der Waals surface area contributed by atoms with E-state index in [9.17, 15) is 13.2 Å². The van der Waals surface area contributed by atoms with Crippen LogP contribution in [0.5, 0.6) is 0 Å². The molecule has 0 unspecified atom stereocenters. The summed E-state index contributed by atoms with van der Waals surface area (Å²) in [4.78, 5) is 0. The second kappa shape index (κ2) is 4.53. The second-order valence-electron chi connectivity index (χ2n) is 3.85. The van der Waals surface area contributed by atoms with E-state index in [1.54, 1.807) is 18.2 Å². The molecule has 2 aromatic carbocycles. The van der Waals surface area contributed by atoms with Crippen LogP contribution in [0.2, 0.25) is 5.02 Å². The van der Waals surface area contributed by atoms with Crippen LogP contribution in [0.15, 0.2) is 42.5 Å². The summed E-state index contributed by atoms with van der Waals surface area (Å²) in [6, 6.07) is 9.75. The maximum Gasteiger partial charge on any atom is 0.416 e. The largest absolute Gasteiger partial charge is 0.416 e. The molecule has 94 valence electrons. The van der Waals surface area contributed by atoms with Gasteiger partial charge in [-0.1, -0.05) is 23.7 Å². The average molecular weight is 272 g/mol. The standard InChI is InChI=1S/C13H9ClF3N/c14-11-5-9(6-12(18)7-11)8-1-3-10(4-2-8)13(15,16)17/h1-7H,18H2. The fraction of sp³-hybridized carbons (Fsp3) is 0.0769. The van der Waals surface area contributed by atoms with Crippen LogP contribution in [0, 0.1) is 0 Å². The first-order chi connectivity index (χ1) is 8.36. The molecule has 0 radical (unpaired) electrons. The molecule has 0 atom stereocenters. The lowest BCUT2D eigenvalue weighted by Gasteiger charge is -2.08. The molecule has 18 heavy (non-hydrogen) atoms. The van der Waals surface area contributed by atoms with E-state index in [0.29, 0.717) is 21.8 Å². The third-order valence-corrected chi connectivity index (χ3v) is 2.68. The van der Waals surface area contributed by atoms with Gasteiger partial charge in [-0.15, -0.1) is 0 Å². The van der Waals surface area contributed by atoms with Gasteiger partial charge < -0.3 is 5.73 Å². The minimum absolute atomic E-state index is 0.449. The Morgan fingerprint density at radius 1 is 0.889 bits per heavy atom. The topological polar surface area (TPSA) is 26.0 Å². The van der Waals surface area contributed by atoms with Crippen molar-refractivity contribution in [3.8, 4) is 11.1 Å². The maximum atomic E-state index is 12.4. The monoisotopic (exact) mass is 271 g/mol. The van der Waals surface area contributed by atoms with Crippen LogP contribution in [0.1, 0.15) is 5.56 Å². The Morgan fingerprint density at radius 2 is 1.50 bits per heavy atom. The summed E-state index contributed by atoms with van der Waals surface area (Å²) in [5.74, 6) is 0. The molecule has 0 fully saturated rings. The first-order valence-corrected chi connectivity index (χ1v) is 5.48. The lowest BCUT2D eigenvalue weighted by molar-refractivity contribution is -0.137. The highest BCUT2D eigenvalue weighted by Crippen LogP contribution is 2.32. The van der Waals surface area contributed by atoms with E-state index in [1.807, 2.05) is 0 Å². The molecule has 0 aliphatic heterocycles. The van der Waals surface area contributed by atoms with E-state index in [-0.39, 0.29) is 0 Å². The summed E-state index contributed by atoms with van der Waals surface area (Å²) < 4.78 is 37.2. The number of anilines is 1. The van der Waals surface area contributed by atoms with Gasteiger partial charge in [0.1, 0.15) is 0 Å². The van der Waals surface area contributed by atoms with Gasteiger partial charge in [-0.3, -0.25) is 0 Å². The van der Waals surface area contributed by atoms with Crippen molar-refractivity contribution < 1.29 is 13.2 Å². The van der Waals surface area contributed by atoms with Crippen LogP contribution >= 0.6 is 11.6 Å². The summed E-state index contributed by atoms with van der Waals surface area (Å²) in [6.07, 6.45) is -4.33. The van der Waals surface area contributed by atoms with Crippen molar-refractivity contribution in [2.24, 2.45) is 0 Å². The molecule has 2 rings (SSSR count). The lowest BCUT2D eigenvalue weighted by Crippen LogP contribution is -2.03. The van der Waals surface area contributed by atoms with E-state index in [1.165, 1.54) is 12.1 Å². The number of nitrogens with two attached hydrogens (primary N) is 1. The molecule has 0 aliphatic carbocycles. The summed E-state index contributed by atoms with van der Waals surface area (Å²) >= 11 is 5.84. The molecule has 2 N–H and O–H groups in total. The lowest BCUT2D eigenvalue weighted by atomic mass is 10.0. The Kier molecular flexibility index (Phi) is 3.22. The summed E-state index contributed by atoms with van der Waals surface area (Å²) in [6.45, 7) is 0. The zero-order valence-corrected chi connectivity index (χ0v) is 9.89. The Morgan fingerprint density at radius 3 is 2.00 bits per heavy atom. The third kappa shape index (κ3) is 2.76. The minimum atomic E-state index is -4.33. The van der Waals surface area contributed by atoms with Gasteiger partial charge in [0.2, 0.25) is 0 Å².